The Balaban J connectivity index is 1.89. The van der Waals surface area contributed by atoms with Gasteiger partial charge in [0.25, 0.3) is 0 Å². The average Bonchev–Trinajstić information content (AvgIpc) is 3.41. The highest BCUT2D eigenvalue weighted by Gasteiger charge is 2.21. The minimum Gasteiger partial charge on any atom is -0.493 e. The summed E-state index contributed by atoms with van der Waals surface area (Å²) in [6.07, 6.45) is 0. The van der Waals surface area contributed by atoms with Gasteiger partial charge < -0.3 is 9.26 Å². The lowest BCUT2D eigenvalue weighted by Crippen LogP contribution is -2.02. The fourth-order valence-corrected chi connectivity index (χ4v) is 3.81. The zero-order chi connectivity index (χ0) is 19.3. The van der Waals surface area contributed by atoms with E-state index in [1.54, 1.807) is 15.9 Å². The van der Waals surface area contributed by atoms with E-state index >= 15 is 0 Å². The van der Waals surface area contributed by atoms with Crippen molar-refractivity contribution >= 4 is 27.8 Å². The Morgan fingerprint density at radius 3 is 2.79 bits per heavy atom. The van der Waals surface area contributed by atoms with E-state index in [2.05, 4.69) is 20.3 Å². The van der Waals surface area contributed by atoms with E-state index in [0.29, 0.717) is 29.5 Å². The molecule has 140 valence electrons. The molecule has 0 bridgehead atoms. The van der Waals surface area contributed by atoms with Gasteiger partial charge in [0.1, 0.15) is 22.9 Å². The van der Waals surface area contributed by atoms with Gasteiger partial charge in [0.05, 0.1) is 17.0 Å². The number of ether oxygens (including phenoxy) is 1. The maximum atomic E-state index is 5.88. The van der Waals surface area contributed by atoms with Crippen molar-refractivity contribution in [2.75, 3.05) is 6.61 Å². The molecular weight excluding hydrogens is 376 g/mol. The normalized spacial score (nSPS) is 11.5. The molecule has 0 saturated heterocycles. The third-order valence-electron chi connectivity index (χ3n) is 4.36. The molecule has 4 aromatic heterocycles. The van der Waals surface area contributed by atoms with Crippen molar-refractivity contribution < 1.29 is 9.26 Å². The second-order valence-corrected chi connectivity index (χ2v) is 7.36. The van der Waals surface area contributed by atoms with Gasteiger partial charge in [-0.25, -0.2) is 4.98 Å². The minimum atomic E-state index is 0.517. The largest absolute Gasteiger partial charge is 0.493 e. The van der Waals surface area contributed by atoms with Gasteiger partial charge in [-0.15, -0.1) is 21.5 Å². The lowest BCUT2D eigenvalue weighted by Gasteiger charge is -2.11. The fraction of sp³-hybridized carbons (Fsp3) is 0.211. The Kier molecular flexibility index (Phi) is 3.83. The van der Waals surface area contributed by atoms with Gasteiger partial charge in [-0.05, 0) is 26.8 Å². The second kappa shape index (κ2) is 6.38. The van der Waals surface area contributed by atoms with Gasteiger partial charge in [-0.1, -0.05) is 17.3 Å². The molecule has 1 aromatic carbocycles. The van der Waals surface area contributed by atoms with Crippen molar-refractivity contribution in [3.63, 3.8) is 0 Å². The molecule has 0 aliphatic heterocycles. The molecule has 0 amide bonds. The summed E-state index contributed by atoms with van der Waals surface area (Å²) >= 11 is 1.58. The molecule has 9 heteroatoms. The van der Waals surface area contributed by atoms with Crippen LogP contribution >= 0.6 is 11.3 Å². The van der Waals surface area contributed by atoms with Crippen LogP contribution in [-0.2, 0) is 0 Å². The van der Waals surface area contributed by atoms with Crippen LogP contribution in [0.2, 0.25) is 0 Å². The van der Waals surface area contributed by atoms with Crippen LogP contribution < -0.4 is 4.74 Å². The van der Waals surface area contributed by atoms with Crippen molar-refractivity contribution in [2.45, 2.75) is 20.8 Å². The number of fused-ring (bicyclic) bond motifs is 3. The van der Waals surface area contributed by atoms with Crippen molar-refractivity contribution in [2.24, 2.45) is 0 Å². The zero-order valence-corrected chi connectivity index (χ0v) is 16.3. The summed E-state index contributed by atoms with van der Waals surface area (Å²) in [5, 5.41) is 22.3. The van der Waals surface area contributed by atoms with Crippen molar-refractivity contribution in [3.8, 4) is 28.7 Å². The SMILES string of the molecule is CCOc1cccc2c1c(-c1csc(C)n1)nn1c(-c3cc(C)on3)nnc21. The summed E-state index contributed by atoms with van der Waals surface area (Å²) < 4.78 is 12.8. The molecule has 0 aliphatic rings. The van der Waals surface area contributed by atoms with Crippen LogP contribution in [0.4, 0.5) is 0 Å². The zero-order valence-electron chi connectivity index (χ0n) is 15.5. The standard InChI is InChI=1S/C19H16N6O2S/c1-4-26-15-7-5-6-12-16(15)17(14-9-28-11(3)20-14)23-25-18(12)21-22-19(25)13-8-10(2)27-24-13/h5-9H,4H2,1-3H3. The van der Waals surface area contributed by atoms with Crippen LogP contribution in [0.1, 0.15) is 17.7 Å². The minimum absolute atomic E-state index is 0.517. The number of benzene rings is 1. The monoisotopic (exact) mass is 392 g/mol. The number of rotatable bonds is 4. The number of nitrogens with zero attached hydrogens (tertiary/aromatic N) is 6. The van der Waals surface area contributed by atoms with Crippen LogP contribution in [-0.4, -0.2) is 36.6 Å². The smallest absolute Gasteiger partial charge is 0.207 e. The summed E-state index contributed by atoms with van der Waals surface area (Å²) in [5.74, 6) is 1.96. The molecule has 28 heavy (non-hydrogen) atoms. The summed E-state index contributed by atoms with van der Waals surface area (Å²) in [4.78, 5) is 4.64. The predicted molar refractivity (Wildman–Crippen MR) is 106 cm³/mol. The Morgan fingerprint density at radius 1 is 1.18 bits per heavy atom. The van der Waals surface area contributed by atoms with Crippen LogP contribution in [0.25, 0.3) is 39.3 Å². The van der Waals surface area contributed by atoms with Gasteiger partial charge in [0.15, 0.2) is 11.3 Å². The molecule has 0 saturated carbocycles. The highest BCUT2D eigenvalue weighted by Crippen LogP contribution is 2.36. The third-order valence-corrected chi connectivity index (χ3v) is 5.14. The van der Waals surface area contributed by atoms with E-state index < -0.39 is 0 Å². The Bertz CT molecular complexity index is 1320. The van der Waals surface area contributed by atoms with Gasteiger partial charge in [-0.2, -0.15) is 9.61 Å². The highest BCUT2D eigenvalue weighted by molar-refractivity contribution is 7.09. The maximum Gasteiger partial charge on any atom is 0.207 e. The molecule has 0 fully saturated rings. The summed E-state index contributed by atoms with van der Waals surface area (Å²) in [5.41, 5.74) is 2.72. The van der Waals surface area contributed by atoms with E-state index in [1.807, 2.05) is 50.4 Å². The molecule has 4 heterocycles. The van der Waals surface area contributed by atoms with Crippen molar-refractivity contribution in [1.29, 1.82) is 0 Å². The molecule has 5 rings (SSSR count). The lowest BCUT2D eigenvalue weighted by molar-refractivity contribution is 0.344. The van der Waals surface area contributed by atoms with E-state index in [9.17, 15) is 0 Å². The van der Waals surface area contributed by atoms with E-state index in [1.165, 1.54) is 0 Å². The number of aryl methyl sites for hydroxylation is 2. The molecule has 0 radical (unpaired) electrons. The molecular formula is C19H16N6O2S. The molecule has 0 atom stereocenters. The number of hydrogen-bond donors (Lipinski definition) is 0. The first-order valence-electron chi connectivity index (χ1n) is 8.83. The number of aromatic nitrogens is 6. The first kappa shape index (κ1) is 16.8. The average molecular weight is 392 g/mol. The van der Waals surface area contributed by atoms with Crippen molar-refractivity contribution in [1.82, 2.24) is 30.0 Å². The molecule has 0 aliphatic carbocycles. The Morgan fingerprint density at radius 2 is 2.07 bits per heavy atom. The Labute approximate surface area is 163 Å². The number of hydrogen-bond acceptors (Lipinski definition) is 8. The maximum absolute atomic E-state index is 5.88. The van der Waals surface area contributed by atoms with Gasteiger partial charge >= 0.3 is 0 Å². The van der Waals surface area contributed by atoms with Crippen LogP contribution in [0.5, 0.6) is 5.75 Å². The summed E-state index contributed by atoms with van der Waals surface area (Å²) in [6.45, 7) is 6.32. The van der Waals surface area contributed by atoms with Crippen LogP contribution in [0.3, 0.4) is 0 Å². The van der Waals surface area contributed by atoms with Gasteiger partial charge in [0, 0.05) is 16.8 Å². The van der Waals surface area contributed by atoms with Gasteiger partial charge in [0.2, 0.25) is 5.82 Å². The third kappa shape index (κ3) is 2.55. The summed E-state index contributed by atoms with van der Waals surface area (Å²) in [7, 11) is 0. The molecule has 5 aromatic rings. The molecule has 0 unspecified atom stereocenters. The van der Waals surface area contributed by atoms with E-state index in [0.717, 1.165) is 32.9 Å². The predicted octanol–water partition coefficient (Wildman–Crippen LogP) is 4.07. The van der Waals surface area contributed by atoms with E-state index in [4.69, 9.17) is 14.4 Å². The Hall–Kier alpha value is -3.33. The van der Waals surface area contributed by atoms with Crippen LogP contribution in [0, 0.1) is 13.8 Å². The quantitative estimate of drug-likeness (QED) is 0.455. The highest BCUT2D eigenvalue weighted by atomic mass is 32.1. The van der Waals surface area contributed by atoms with Gasteiger partial charge in [-0.3, -0.25) is 0 Å². The second-order valence-electron chi connectivity index (χ2n) is 6.29. The topological polar surface area (TPSA) is 91.2 Å². The first-order chi connectivity index (χ1) is 13.7. The lowest BCUT2D eigenvalue weighted by atomic mass is 10.1. The van der Waals surface area contributed by atoms with E-state index in [-0.39, 0.29) is 0 Å². The fourth-order valence-electron chi connectivity index (χ4n) is 3.21. The van der Waals surface area contributed by atoms with Crippen LogP contribution in [0.15, 0.2) is 34.2 Å². The summed E-state index contributed by atoms with van der Waals surface area (Å²) in [6, 6.07) is 7.68. The molecule has 0 spiro atoms. The molecule has 8 nitrogen and oxygen atoms in total. The number of thiazole rings is 1. The molecule has 0 N–H and O–H groups in total. The van der Waals surface area contributed by atoms with Crippen molar-refractivity contribution in [3.05, 3.63) is 40.4 Å². The first-order valence-corrected chi connectivity index (χ1v) is 9.70.